The van der Waals surface area contributed by atoms with E-state index in [0.29, 0.717) is 17.5 Å². The zero-order valence-electron chi connectivity index (χ0n) is 11.0. The van der Waals surface area contributed by atoms with Crippen LogP contribution in [-0.2, 0) is 30.4 Å². The number of fused-ring (bicyclic) bond motifs is 1. The van der Waals surface area contributed by atoms with Gasteiger partial charge in [0.25, 0.3) is 0 Å². The van der Waals surface area contributed by atoms with Crippen LogP contribution in [0.3, 0.4) is 0 Å². The van der Waals surface area contributed by atoms with Gasteiger partial charge in [-0.2, -0.15) is 0 Å². The summed E-state index contributed by atoms with van der Waals surface area (Å²) in [4.78, 5) is 9.11. The van der Waals surface area contributed by atoms with Gasteiger partial charge in [-0.05, 0) is 19.4 Å². The molecule has 0 amide bonds. The van der Waals surface area contributed by atoms with Crippen LogP contribution in [0.5, 0.6) is 0 Å². The van der Waals surface area contributed by atoms with Gasteiger partial charge in [0, 0.05) is 12.0 Å². The number of hydrogen-bond donors (Lipinski definition) is 0. The molecule has 1 aromatic heterocycles. The average molecular weight is 271 g/mol. The molecule has 0 fully saturated rings. The van der Waals surface area contributed by atoms with Crippen molar-refractivity contribution in [2.45, 2.75) is 37.5 Å². The number of nitrogens with zero attached hydrogens (tertiary/aromatic N) is 2. The summed E-state index contributed by atoms with van der Waals surface area (Å²) in [5.74, 6) is 0.710. The monoisotopic (exact) mass is 271 g/mol. The second-order valence-corrected chi connectivity index (χ2v) is 5.76. The Hall–Kier alpha value is -1.52. The fourth-order valence-electron chi connectivity index (χ4n) is 2.24. The van der Waals surface area contributed by atoms with Gasteiger partial charge in [0.2, 0.25) is 0 Å². The highest BCUT2D eigenvalue weighted by atomic mass is 32.1. The molecule has 0 radical (unpaired) electrons. The van der Waals surface area contributed by atoms with Gasteiger partial charge < -0.3 is 17.4 Å². The van der Waals surface area contributed by atoms with E-state index in [2.05, 4.69) is 23.8 Å². The lowest BCUT2D eigenvalue weighted by molar-refractivity contribution is -0.0427. The zero-order valence-corrected chi connectivity index (χ0v) is 11.8. The van der Waals surface area contributed by atoms with E-state index >= 15 is 0 Å². The quantitative estimate of drug-likeness (QED) is 0.590. The van der Waals surface area contributed by atoms with Gasteiger partial charge in [-0.1, -0.05) is 35.4 Å². The van der Waals surface area contributed by atoms with E-state index in [9.17, 15) is 0 Å². The summed E-state index contributed by atoms with van der Waals surface area (Å²) in [5.41, 5.74) is 2.81. The van der Waals surface area contributed by atoms with Crippen LogP contribution >= 0.6 is 0 Å². The molecule has 0 aliphatic carbocycles. The van der Waals surface area contributed by atoms with Crippen molar-refractivity contribution in [3.8, 4) is 11.4 Å². The summed E-state index contributed by atoms with van der Waals surface area (Å²) in [5, 5.41) is 0.611. The lowest BCUT2D eigenvalue weighted by Crippen LogP contribution is -2.33. The van der Waals surface area contributed by atoms with Gasteiger partial charge >= 0.3 is 0 Å². The summed E-state index contributed by atoms with van der Waals surface area (Å²) in [6, 6.07) is 9.94. The zero-order chi connectivity index (χ0) is 13.5. The molecule has 1 aromatic carbocycles. The molecule has 1 aliphatic rings. The van der Waals surface area contributed by atoms with Crippen LogP contribution in [0.1, 0.15) is 25.1 Å². The first kappa shape index (κ1) is 12.5. The van der Waals surface area contributed by atoms with E-state index in [1.807, 2.05) is 30.3 Å². The molecular weight excluding hydrogens is 256 g/mol. The minimum atomic E-state index is -0.183. The van der Waals surface area contributed by atoms with Crippen molar-refractivity contribution in [2.24, 2.45) is 0 Å². The molecule has 0 saturated carbocycles. The third-order valence-electron chi connectivity index (χ3n) is 3.29. The molecule has 0 N–H and O–H groups in total. The second kappa shape index (κ2) is 4.54. The SMILES string of the molecule is CC1(C)Cc2nc(-c3ccccc3)nc([S-])c2CO1. The van der Waals surface area contributed by atoms with Crippen LogP contribution in [0.4, 0.5) is 0 Å². The van der Waals surface area contributed by atoms with Crippen molar-refractivity contribution in [1.82, 2.24) is 9.97 Å². The second-order valence-electron chi connectivity index (χ2n) is 5.37. The predicted molar refractivity (Wildman–Crippen MR) is 75.7 cm³/mol. The normalized spacial score (nSPS) is 16.9. The molecule has 0 saturated heterocycles. The van der Waals surface area contributed by atoms with Crippen molar-refractivity contribution in [3.63, 3.8) is 0 Å². The molecule has 0 spiro atoms. The fourth-order valence-corrected chi connectivity index (χ4v) is 2.50. The van der Waals surface area contributed by atoms with Crippen LogP contribution in [0.15, 0.2) is 35.4 Å². The van der Waals surface area contributed by atoms with Crippen molar-refractivity contribution < 1.29 is 4.74 Å². The van der Waals surface area contributed by atoms with Gasteiger partial charge in [-0.15, -0.1) is 0 Å². The Morgan fingerprint density at radius 1 is 1.16 bits per heavy atom. The summed E-state index contributed by atoms with van der Waals surface area (Å²) in [6.07, 6.45) is 0.772. The molecule has 1 aliphatic heterocycles. The molecule has 0 atom stereocenters. The maximum Gasteiger partial charge on any atom is 0.157 e. The number of hydrogen-bond acceptors (Lipinski definition) is 4. The van der Waals surface area contributed by atoms with Crippen LogP contribution < -0.4 is 0 Å². The average Bonchev–Trinajstić information content (AvgIpc) is 2.38. The summed E-state index contributed by atoms with van der Waals surface area (Å²) in [7, 11) is 0. The molecule has 3 rings (SSSR count). The first-order valence-electron chi connectivity index (χ1n) is 6.31. The largest absolute Gasteiger partial charge is 0.760 e. The smallest absolute Gasteiger partial charge is 0.157 e. The first-order valence-corrected chi connectivity index (χ1v) is 6.72. The van der Waals surface area contributed by atoms with E-state index in [0.717, 1.165) is 23.2 Å². The van der Waals surface area contributed by atoms with E-state index in [1.54, 1.807) is 0 Å². The molecule has 0 bridgehead atoms. The Labute approximate surface area is 118 Å². The Morgan fingerprint density at radius 3 is 2.63 bits per heavy atom. The fraction of sp³-hybridized carbons (Fsp3) is 0.333. The van der Waals surface area contributed by atoms with Crippen molar-refractivity contribution >= 4 is 12.6 Å². The maximum atomic E-state index is 5.77. The third kappa shape index (κ3) is 2.46. The van der Waals surface area contributed by atoms with E-state index < -0.39 is 0 Å². The van der Waals surface area contributed by atoms with Crippen LogP contribution in [0, 0.1) is 0 Å². The topological polar surface area (TPSA) is 35.0 Å². The predicted octanol–water partition coefficient (Wildman–Crippen LogP) is 2.90. The Balaban J connectivity index is 2.09. The lowest BCUT2D eigenvalue weighted by atomic mass is 9.96. The number of aromatic nitrogens is 2. The van der Waals surface area contributed by atoms with Gasteiger partial charge in [0.1, 0.15) is 0 Å². The summed E-state index contributed by atoms with van der Waals surface area (Å²) in [6.45, 7) is 4.66. The number of ether oxygens (including phenoxy) is 1. The van der Waals surface area contributed by atoms with Crippen molar-refractivity contribution in [1.29, 1.82) is 0 Å². The lowest BCUT2D eigenvalue weighted by Gasteiger charge is -2.33. The molecule has 19 heavy (non-hydrogen) atoms. The Morgan fingerprint density at radius 2 is 1.89 bits per heavy atom. The minimum absolute atomic E-state index is 0.183. The number of benzene rings is 1. The van der Waals surface area contributed by atoms with Crippen molar-refractivity contribution in [3.05, 3.63) is 41.6 Å². The highest BCUT2D eigenvalue weighted by Gasteiger charge is 2.27. The van der Waals surface area contributed by atoms with Gasteiger partial charge in [0.15, 0.2) is 5.82 Å². The first-order chi connectivity index (χ1) is 9.05. The van der Waals surface area contributed by atoms with E-state index in [-0.39, 0.29) is 5.60 Å². The van der Waals surface area contributed by atoms with Crippen LogP contribution in [0.2, 0.25) is 0 Å². The maximum absolute atomic E-state index is 5.77. The summed E-state index contributed by atoms with van der Waals surface area (Å²) < 4.78 is 5.77. The third-order valence-corrected chi connectivity index (χ3v) is 3.62. The highest BCUT2D eigenvalue weighted by molar-refractivity contribution is 7.58. The minimum Gasteiger partial charge on any atom is -0.760 e. The van der Waals surface area contributed by atoms with Gasteiger partial charge in [-0.3, -0.25) is 4.98 Å². The standard InChI is InChI=1S/C15H16N2OS/c1-15(2)8-12-11(9-18-15)14(19)17-13(16-12)10-6-4-3-5-7-10/h3-7H,8-9H2,1-2H3,(H,16,17,19)/p-1. The number of rotatable bonds is 1. The molecule has 2 aromatic rings. The van der Waals surface area contributed by atoms with E-state index in [4.69, 9.17) is 17.4 Å². The molecular formula is C15H15N2OS-. The summed E-state index contributed by atoms with van der Waals surface area (Å²) >= 11 is 5.37. The van der Waals surface area contributed by atoms with Crippen LogP contribution in [0.25, 0.3) is 11.4 Å². The molecule has 98 valence electrons. The molecule has 3 nitrogen and oxygen atoms in total. The Kier molecular flexibility index (Phi) is 2.99. The van der Waals surface area contributed by atoms with Crippen molar-refractivity contribution in [2.75, 3.05) is 0 Å². The van der Waals surface area contributed by atoms with Gasteiger partial charge in [0.05, 0.1) is 17.9 Å². The molecule has 0 unspecified atom stereocenters. The molecule has 4 heteroatoms. The Bertz CT molecular complexity index is 611. The van der Waals surface area contributed by atoms with Crippen LogP contribution in [-0.4, -0.2) is 15.6 Å². The molecule has 2 heterocycles. The highest BCUT2D eigenvalue weighted by Crippen LogP contribution is 2.29. The van der Waals surface area contributed by atoms with E-state index in [1.165, 1.54) is 0 Å². The van der Waals surface area contributed by atoms with Gasteiger partial charge in [-0.25, -0.2) is 4.98 Å².